The molecule has 8 heteroatoms. The van der Waals surface area contributed by atoms with Crippen LogP contribution in [0.2, 0.25) is 0 Å². The van der Waals surface area contributed by atoms with Crippen LogP contribution in [0, 0.1) is 11.6 Å². The van der Waals surface area contributed by atoms with Gasteiger partial charge in [-0.15, -0.1) is 11.8 Å². The molecule has 0 aliphatic heterocycles. The van der Waals surface area contributed by atoms with Gasteiger partial charge in [-0.2, -0.15) is 0 Å². The van der Waals surface area contributed by atoms with Crippen molar-refractivity contribution >= 4 is 29.4 Å². The summed E-state index contributed by atoms with van der Waals surface area (Å²) in [6.45, 7) is 1.41. The number of thioether (sulfide) groups is 1. The van der Waals surface area contributed by atoms with Crippen LogP contribution < -0.4 is 5.32 Å². The smallest absolute Gasteiger partial charge is 0.307 e. The van der Waals surface area contributed by atoms with Gasteiger partial charge in [-0.05, 0) is 23.8 Å². The molecule has 0 unspecified atom stereocenters. The fourth-order valence-corrected chi connectivity index (χ4v) is 3.01. The highest BCUT2D eigenvalue weighted by molar-refractivity contribution is 7.99. The molecule has 2 aromatic rings. The highest BCUT2D eigenvalue weighted by Crippen LogP contribution is 2.21. The molecule has 1 N–H and O–H groups in total. The van der Waals surface area contributed by atoms with Crippen molar-refractivity contribution in [2.24, 2.45) is 0 Å². The molecule has 5 nitrogen and oxygen atoms in total. The van der Waals surface area contributed by atoms with E-state index in [1.54, 1.807) is 24.3 Å². The summed E-state index contributed by atoms with van der Waals surface area (Å²) in [7, 11) is 0. The Bertz CT molecular complexity index is 856. The summed E-state index contributed by atoms with van der Waals surface area (Å²) in [6.07, 6.45) is 0.0343. The van der Waals surface area contributed by atoms with Crippen LogP contribution in [0.1, 0.15) is 29.3 Å². The van der Waals surface area contributed by atoms with Crippen LogP contribution in [0.25, 0.3) is 0 Å². The number of carbonyl (C=O) groups excluding carboxylic acids is 3. The van der Waals surface area contributed by atoms with Crippen molar-refractivity contribution in [3.63, 3.8) is 0 Å². The monoisotopic (exact) mass is 407 g/mol. The molecule has 0 aliphatic rings. The number of rotatable bonds is 9. The van der Waals surface area contributed by atoms with E-state index < -0.39 is 17.6 Å². The molecule has 148 valence electrons. The lowest BCUT2D eigenvalue weighted by Gasteiger charge is -2.06. The van der Waals surface area contributed by atoms with E-state index >= 15 is 0 Å². The van der Waals surface area contributed by atoms with E-state index in [1.165, 1.54) is 24.8 Å². The first-order valence-electron chi connectivity index (χ1n) is 8.45. The molecule has 0 saturated carbocycles. The second-order valence-electron chi connectivity index (χ2n) is 5.86. The predicted molar refractivity (Wildman–Crippen MR) is 101 cm³/mol. The van der Waals surface area contributed by atoms with Crippen molar-refractivity contribution in [3.8, 4) is 0 Å². The summed E-state index contributed by atoms with van der Waals surface area (Å²) in [5, 5.41) is 2.65. The van der Waals surface area contributed by atoms with Crippen LogP contribution in [0.5, 0.6) is 0 Å². The zero-order chi connectivity index (χ0) is 20.5. The third kappa shape index (κ3) is 7.11. The standard InChI is InChI=1S/C20H19F2NO4S/c1-13(24)23-11-14-2-4-15(5-3-14)19(25)12-27-20(26)8-9-28-16-6-7-17(21)18(22)10-16/h2-7,10H,8-9,11-12H2,1H3,(H,23,24). The Morgan fingerprint density at radius 3 is 2.39 bits per heavy atom. The van der Waals surface area contributed by atoms with Gasteiger partial charge in [0.15, 0.2) is 24.0 Å². The quantitative estimate of drug-likeness (QED) is 0.391. The zero-order valence-corrected chi connectivity index (χ0v) is 16.0. The van der Waals surface area contributed by atoms with E-state index in [1.807, 2.05) is 0 Å². The minimum Gasteiger partial charge on any atom is -0.457 e. The second-order valence-corrected chi connectivity index (χ2v) is 7.03. The van der Waals surface area contributed by atoms with Gasteiger partial charge in [0.05, 0.1) is 6.42 Å². The maximum absolute atomic E-state index is 13.1. The van der Waals surface area contributed by atoms with E-state index in [4.69, 9.17) is 4.74 Å². The Labute approximate surface area is 165 Å². The minimum absolute atomic E-state index is 0.0343. The fraction of sp³-hybridized carbons (Fsp3) is 0.250. The number of benzene rings is 2. The molecule has 28 heavy (non-hydrogen) atoms. The lowest BCUT2D eigenvalue weighted by Crippen LogP contribution is -2.19. The number of hydrogen-bond acceptors (Lipinski definition) is 5. The number of ketones is 1. The number of ether oxygens (including phenoxy) is 1. The Balaban J connectivity index is 1.72. The van der Waals surface area contributed by atoms with Gasteiger partial charge in [-0.1, -0.05) is 24.3 Å². The molecule has 0 aliphatic carbocycles. The van der Waals surface area contributed by atoms with Gasteiger partial charge in [0.1, 0.15) is 0 Å². The summed E-state index contributed by atoms with van der Waals surface area (Å²) in [6, 6.07) is 10.1. The first kappa shape index (κ1) is 21.6. The van der Waals surface area contributed by atoms with Gasteiger partial charge >= 0.3 is 5.97 Å². The zero-order valence-electron chi connectivity index (χ0n) is 15.2. The molecule has 0 aromatic heterocycles. The number of hydrogen-bond donors (Lipinski definition) is 1. The summed E-state index contributed by atoms with van der Waals surface area (Å²) in [5.74, 6) is -2.59. The number of amides is 1. The number of Topliss-reactive ketones (excluding diaryl/α,β-unsaturated/α-hetero) is 1. The normalized spacial score (nSPS) is 10.4. The minimum atomic E-state index is -0.943. The van der Waals surface area contributed by atoms with E-state index in [0.717, 1.165) is 17.7 Å². The third-order valence-corrected chi connectivity index (χ3v) is 4.64. The third-order valence-electron chi connectivity index (χ3n) is 3.65. The first-order chi connectivity index (χ1) is 13.3. The fourth-order valence-electron chi connectivity index (χ4n) is 2.16. The lowest BCUT2D eigenvalue weighted by atomic mass is 10.1. The molecule has 0 bridgehead atoms. The van der Waals surface area contributed by atoms with Crippen molar-refractivity contribution in [3.05, 3.63) is 65.2 Å². The van der Waals surface area contributed by atoms with Gasteiger partial charge < -0.3 is 10.1 Å². The molecule has 1 amide bonds. The molecule has 2 aromatic carbocycles. The Morgan fingerprint density at radius 2 is 1.75 bits per heavy atom. The van der Waals surface area contributed by atoms with Crippen molar-refractivity contribution in [1.82, 2.24) is 5.32 Å². The van der Waals surface area contributed by atoms with Crippen molar-refractivity contribution < 1.29 is 27.9 Å². The Morgan fingerprint density at radius 1 is 1.04 bits per heavy atom. The second kappa shape index (κ2) is 10.6. The van der Waals surface area contributed by atoms with Crippen LogP contribution in [-0.4, -0.2) is 30.0 Å². The molecular formula is C20H19F2NO4S. The van der Waals surface area contributed by atoms with Crippen molar-refractivity contribution in [1.29, 1.82) is 0 Å². The summed E-state index contributed by atoms with van der Waals surface area (Å²) in [5.41, 5.74) is 1.24. The molecule has 0 spiro atoms. The Hall–Kier alpha value is -2.74. The molecule has 0 atom stereocenters. The molecule has 2 rings (SSSR count). The Kier molecular flexibility index (Phi) is 8.13. The molecule has 0 radical (unpaired) electrons. The number of esters is 1. The average Bonchev–Trinajstić information content (AvgIpc) is 2.67. The van der Waals surface area contributed by atoms with Crippen LogP contribution in [0.3, 0.4) is 0 Å². The van der Waals surface area contributed by atoms with Crippen LogP contribution in [0.15, 0.2) is 47.4 Å². The summed E-state index contributed by atoms with van der Waals surface area (Å²) in [4.78, 5) is 35.2. The largest absolute Gasteiger partial charge is 0.457 e. The summed E-state index contributed by atoms with van der Waals surface area (Å²) < 4.78 is 30.9. The van der Waals surface area contributed by atoms with E-state index in [2.05, 4.69) is 5.32 Å². The van der Waals surface area contributed by atoms with Gasteiger partial charge in [-0.3, -0.25) is 14.4 Å². The van der Waals surface area contributed by atoms with Gasteiger partial charge in [0.25, 0.3) is 0 Å². The predicted octanol–water partition coefficient (Wildman–Crippen LogP) is 3.51. The molecule has 0 heterocycles. The highest BCUT2D eigenvalue weighted by Gasteiger charge is 2.11. The van der Waals surface area contributed by atoms with Gasteiger partial charge in [0, 0.05) is 29.7 Å². The maximum atomic E-state index is 13.1. The average molecular weight is 407 g/mol. The first-order valence-corrected chi connectivity index (χ1v) is 9.44. The van der Waals surface area contributed by atoms with Crippen molar-refractivity contribution in [2.75, 3.05) is 12.4 Å². The van der Waals surface area contributed by atoms with Gasteiger partial charge in [0.2, 0.25) is 5.91 Å². The van der Waals surface area contributed by atoms with E-state index in [9.17, 15) is 23.2 Å². The van der Waals surface area contributed by atoms with Crippen molar-refractivity contribution in [2.45, 2.75) is 24.8 Å². The summed E-state index contributed by atoms with van der Waals surface area (Å²) >= 11 is 1.19. The molecular weight excluding hydrogens is 388 g/mol. The van der Waals surface area contributed by atoms with E-state index in [-0.39, 0.29) is 24.7 Å². The van der Waals surface area contributed by atoms with Crippen LogP contribution in [0.4, 0.5) is 8.78 Å². The SMILES string of the molecule is CC(=O)NCc1ccc(C(=O)COC(=O)CCSc2ccc(F)c(F)c2)cc1. The highest BCUT2D eigenvalue weighted by atomic mass is 32.2. The topological polar surface area (TPSA) is 72.5 Å². The van der Waals surface area contributed by atoms with E-state index in [0.29, 0.717) is 22.8 Å². The number of nitrogens with one attached hydrogen (secondary N) is 1. The van der Waals surface area contributed by atoms with Gasteiger partial charge in [-0.25, -0.2) is 8.78 Å². The lowest BCUT2D eigenvalue weighted by molar-refractivity contribution is -0.142. The molecule has 0 saturated heterocycles. The number of carbonyl (C=O) groups is 3. The molecule has 0 fully saturated rings. The van der Waals surface area contributed by atoms with Crippen LogP contribution >= 0.6 is 11.8 Å². The maximum Gasteiger partial charge on any atom is 0.307 e. The number of halogens is 2. The van der Waals surface area contributed by atoms with Crippen LogP contribution in [-0.2, 0) is 20.9 Å².